The molecule has 33 heavy (non-hydrogen) atoms. The van der Waals surface area contributed by atoms with Crippen molar-refractivity contribution in [1.82, 2.24) is 9.62 Å². The van der Waals surface area contributed by atoms with Gasteiger partial charge in [0.1, 0.15) is 5.54 Å². The summed E-state index contributed by atoms with van der Waals surface area (Å²) in [5.74, 6) is -0.684. The second kappa shape index (κ2) is 10.1. The lowest BCUT2D eigenvalue weighted by atomic mass is 9.91. The average Bonchev–Trinajstić information content (AvgIpc) is 2.97. The third-order valence-electron chi connectivity index (χ3n) is 6.93. The van der Waals surface area contributed by atoms with Gasteiger partial charge in [0, 0.05) is 12.6 Å². The number of aryl methyl sites for hydroxylation is 3. The van der Waals surface area contributed by atoms with E-state index in [4.69, 9.17) is 0 Å². The number of sulfonamides is 1. The second-order valence-electron chi connectivity index (χ2n) is 10.00. The molecule has 3 rings (SSSR count). The minimum atomic E-state index is -3.64. The molecule has 8 heteroatoms. The van der Waals surface area contributed by atoms with Crippen molar-refractivity contribution in [1.29, 1.82) is 0 Å². The molecule has 0 spiro atoms. The van der Waals surface area contributed by atoms with Gasteiger partial charge in [-0.25, -0.2) is 8.42 Å². The molecule has 0 aromatic heterocycles. The summed E-state index contributed by atoms with van der Waals surface area (Å²) in [7, 11) is -3.64. The van der Waals surface area contributed by atoms with Crippen molar-refractivity contribution in [2.45, 2.75) is 91.1 Å². The first-order valence-electron chi connectivity index (χ1n) is 12.2. The third-order valence-corrected chi connectivity index (χ3v) is 8.90. The van der Waals surface area contributed by atoms with E-state index in [-0.39, 0.29) is 36.7 Å². The summed E-state index contributed by atoms with van der Waals surface area (Å²) < 4.78 is 27.1. The summed E-state index contributed by atoms with van der Waals surface area (Å²) >= 11 is 0. The Morgan fingerprint density at radius 2 is 1.67 bits per heavy atom. The van der Waals surface area contributed by atoms with Crippen molar-refractivity contribution in [2.24, 2.45) is 0 Å². The minimum absolute atomic E-state index is 0.0385. The summed E-state index contributed by atoms with van der Waals surface area (Å²) in [6.07, 6.45) is 6.75. The molecular weight excluding hydrogens is 438 g/mol. The van der Waals surface area contributed by atoms with E-state index >= 15 is 0 Å². The number of carbonyl (C=O) groups excluding carboxylic acids is 2. The Hall–Kier alpha value is -1.93. The molecule has 1 saturated heterocycles. The van der Waals surface area contributed by atoms with Crippen LogP contribution in [0, 0.1) is 20.8 Å². The molecule has 2 fully saturated rings. The number of amides is 2. The molecule has 2 aliphatic rings. The number of nitrogens with zero attached hydrogens (tertiary/aromatic N) is 2. The van der Waals surface area contributed by atoms with Gasteiger partial charge in [-0.05, 0) is 58.1 Å². The maximum Gasteiger partial charge on any atom is 0.247 e. The van der Waals surface area contributed by atoms with Gasteiger partial charge in [-0.1, -0.05) is 50.3 Å². The summed E-state index contributed by atoms with van der Waals surface area (Å²) in [4.78, 5) is 28.9. The Bertz CT molecular complexity index is 976. The zero-order valence-corrected chi connectivity index (χ0v) is 21.6. The molecule has 1 aliphatic heterocycles. The molecule has 0 radical (unpaired) electrons. The van der Waals surface area contributed by atoms with Gasteiger partial charge in [0.2, 0.25) is 21.8 Å². The molecule has 1 aromatic carbocycles. The van der Waals surface area contributed by atoms with Crippen LogP contribution in [0.3, 0.4) is 0 Å². The lowest BCUT2D eigenvalue weighted by molar-refractivity contribution is -0.133. The molecule has 1 aromatic rings. The Morgan fingerprint density at radius 3 is 2.21 bits per heavy atom. The molecule has 1 saturated carbocycles. The van der Waals surface area contributed by atoms with Gasteiger partial charge in [-0.15, -0.1) is 0 Å². The first-order valence-corrected chi connectivity index (χ1v) is 13.8. The fraction of sp³-hybridized carbons (Fsp3) is 0.680. The predicted molar refractivity (Wildman–Crippen MR) is 132 cm³/mol. The summed E-state index contributed by atoms with van der Waals surface area (Å²) in [6.45, 7) is 9.08. The predicted octanol–water partition coefficient (Wildman–Crippen LogP) is 3.60. The van der Waals surface area contributed by atoms with Crippen LogP contribution in [0.5, 0.6) is 0 Å². The average molecular weight is 478 g/mol. The number of anilines is 1. The van der Waals surface area contributed by atoms with Crippen LogP contribution >= 0.6 is 0 Å². The topological polar surface area (TPSA) is 86.8 Å². The van der Waals surface area contributed by atoms with Crippen LogP contribution in [0.2, 0.25) is 0 Å². The van der Waals surface area contributed by atoms with E-state index in [1.807, 2.05) is 32.9 Å². The number of rotatable bonds is 6. The molecule has 1 heterocycles. The van der Waals surface area contributed by atoms with Crippen LogP contribution in [0.25, 0.3) is 0 Å². The Labute approximate surface area is 199 Å². The number of hydrogen-bond acceptors (Lipinski definition) is 4. The first-order chi connectivity index (χ1) is 15.5. The van der Waals surface area contributed by atoms with Crippen molar-refractivity contribution < 1.29 is 18.0 Å². The van der Waals surface area contributed by atoms with Gasteiger partial charge in [0.05, 0.1) is 18.0 Å². The molecule has 1 atom stereocenters. The Morgan fingerprint density at radius 1 is 1.09 bits per heavy atom. The Balaban J connectivity index is 2.05. The van der Waals surface area contributed by atoms with Gasteiger partial charge in [-0.2, -0.15) is 4.31 Å². The highest BCUT2D eigenvalue weighted by Crippen LogP contribution is 2.36. The molecule has 184 valence electrons. The SMILES string of the molecule is CCCS(=O)(=O)N1CC(=O)N(c2c(C)cc(C)cc2C)[C@@](C)(C(=O)NC2CCCCCC2)C1. The molecule has 0 bridgehead atoms. The van der Waals surface area contributed by atoms with Gasteiger partial charge < -0.3 is 5.32 Å². The number of hydrogen-bond donors (Lipinski definition) is 1. The molecular formula is C25H39N3O4S. The van der Waals surface area contributed by atoms with E-state index in [1.54, 1.807) is 18.7 Å². The fourth-order valence-electron chi connectivity index (χ4n) is 5.39. The number of carbonyl (C=O) groups is 2. The van der Waals surface area contributed by atoms with Crippen LogP contribution in [-0.4, -0.2) is 55.0 Å². The molecule has 7 nitrogen and oxygen atoms in total. The highest BCUT2D eigenvalue weighted by atomic mass is 32.2. The zero-order chi connectivity index (χ0) is 24.4. The minimum Gasteiger partial charge on any atom is -0.351 e. The van der Waals surface area contributed by atoms with Crippen molar-refractivity contribution in [3.8, 4) is 0 Å². The van der Waals surface area contributed by atoms with Crippen molar-refractivity contribution in [2.75, 3.05) is 23.7 Å². The normalized spacial score (nSPS) is 23.4. The van der Waals surface area contributed by atoms with E-state index in [9.17, 15) is 18.0 Å². The number of nitrogens with one attached hydrogen (secondary N) is 1. The summed E-state index contributed by atoms with van der Waals surface area (Å²) in [5.41, 5.74) is 2.25. The lowest BCUT2D eigenvalue weighted by Crippen LogP contribution is -2.71. The van der Waals surface area contributed by atoms with Crippen LogP contribution in [0.15, 0.2) is 12.1 Å². The molecule has 0 unspecified atom stereocenters. The summed E-state index contributed by atoms with van der Waals surface area (Å²) in [6, 6.07) is 4.05. The van der Waals surface area contributed by atoms with E-state index in [0.29, 0.717) is 12.1 Å². The van der Waals surface area contributed by atoms with Crippen molar-refractivity contribution in [3.63, 3.8) is 0 Å². The van der Waals surface area contributed by atoms with Gasteiger partial charge in [0.25, 0.3) is 0 Å². The highest BCUT2D eigenvalue weighted by molar-refractivity contribution is 7.89. The van der Waals surface area contributed by atoms with E-state index in [0.717, 1.165) is 42.4 Å². The van der Waals surface area contributed by atoms with Crippen LogP contribution < -0.4 is 10.2 Å². The summed E-state index contributed by atoms with van der Waals surface area (Å²) in [5, 5.41) is 3.19. The first kappa shape index (κ1) is 25.7. The molecule has 2 amide bonds. The molecule has 1 N–H and O–H groups in total. The van der Waals surface area contributed by atoms with Crippen LogP contribution in [0.4, 0.5) is 5.69 Å². The van der Waals surface area contributed by atoms with E-state index < -0.39 is 15.6 Å². The standard InChI is InChI=1S/C25H39N3O4S/c1-6-13-33(31,32)27-16-22(29)28(23-19(3)14-18(2)15-20(23)4)25(5,17-27)24(30)26-21-11-9-7-8-10-12-21/h14-15,21H,6-13,16-17H2,1-5H3,(H,26,30)/t25-/m1/s1. The largest absolute Gasteiger partial charge is 0.351 e. The number of benzene rings is 1. The monoisotopic (exact) mass is 477 g/mol. The quantitative estimate of drug-likeness (QED) is 0.634. The number of piperazine rings is 1. The van der Waals surface area contributed by atoms with E-state index in [2.05, 4.69) is 5.32 Å². The maximum absolute atomic E-state index is 13.8. The van der Waals surface area contributed by atoms with Crippen molar-refractivity contribution >= 4 is 27.5 Å². The van der Waals surface area contributed by atoms with Crippen LogP contribution in [-0.2, 0) is 19.6 Å². The zero-order valence-electron chi connectivity index (χ0n) is 20.7. The van der Waals surface area contributed by atoms with E-state index in [1.165, 1.54) is 17.1 Å². The fourth-order valence-corrected chi connectivity index (χ4v) is 6.91. The third kappa shape index (κ3) is 5.43. The van der Waals surface area contributed by atoms with Gasteiger partial charge in [0.15, 0.2) is 0 Å². The maximum atomic E-state index is 13.8. The molecule has 1 aliphatic carbocycles. The van der Waals surface area contributed by atoms with Gasteiger partial charge in [-0.3, -0.25) is 14.5 Å². The Kier molecular flexibility index (Phi) is 7.89. The highest BCUT2D eigenvalue weighted by Gasteiger charge is 2.51. The van der Waals surface area contributed by atoms with Gasteiger partial charge >= 0.3 is 0 Å². The smallest absolute Gasteiger partial charge is 0.247 e. The second-order valence-corrected chi connectivity index (χ2v) is 12.1. The van der Waals surface area contributed by atoms with Crippen LogP contribution in [0.1, 0.15) is 75.5 Å². The van der Waals surface area contributed by atoms with Crippen molar-refractivity contribution in [3.05, 3.63) is 28.8 Å². The lowest BCUT2D eigenvalue weighted by Gasteiger charge is -2.48.